The molecule has 8 nitrogen and oxygen atoms in total. The molecule has 0 bridgehead atoms. The van der Waals surface area contributed by atoms with Gasteiger partial charge in [0.1, 0.15) is 6.04 Å². The van der Waals surface area contributed by atoms with Crippen molar-refractivity contribution in [2.75, 3.05) is 18.1 Å². The monoisotopic (exact) mass is 457 g/mol. The highest BCUT2D eigenvalue weighted by molar-refractivity contribution is 7.89. The molecule has 0 fully saturated rings. The minimum absolute atomic E-state index is 0.0244. The maximum Gasteiger partial charge on any atom is 0.324 e. The summed E-state index contributed by atoms with van der Waals surface area (Å²) < 4.78 is 32.2. The summed E-state index contributed by atoms with van der Waals surface area (Å²) in [6.07, 6.45) is 0.111. The second-order valence-electron chi connectivity index (χ2n) is 7.56. The molecule has 2 aromatic rings. The molecular formula is C23H27N3O5S. The van der Waals surface area contributed by atoms with Gasteiger partial charge < -0.3 is 9.64 Å². The molecule has 1 atom stereocenters. The molecule has 170 valence electrons. The van der Waals surface area contributed by atoms with E-state index in [9.17, 15) is 18.0 Å². The van der Waals surface area contributed by atoms with Crippen LogP contribution in [0.3, 0.4) is 0 Å². The summed E-state index contributed by atoms with van der Waals surface area (Å²) >= 11 is 0. The zero-order valence-corrected chi connectivity index (χ0v) is 19.4. The number of benzene rings is 2. The van der Waals surface area contributed by atoms with Gasteiger partial charge in [-0.05, 0) is 63.1 Å². The van der Waals surface area contributed by atoms with Crippen molar-refractivity contribution in [2.24, 2.45) is 0 Å². The van der Waals surface area contributed by atoms with Gasteiger partial charge >= 0.3 is 5.97 Å². The van der Waals surface area contributed by atoms with Crippen LogP contribution < -0.4 is 9.62 Å². The van der Waals surface area contributed by atoms with Crippen LogP contribution in [-0.4, -0.2) is 39.5 Å². The lowest BCUT2D eigenvalue weighted by atomic mass is 10.1. The predicted molar refractivity (Wildman–Crippen MR) is 120 cm³/mol. The van der Waals surface area contributed by atoms with E-state index in [1.165, 1.54) is 24.0 Å². The summed E-state index contributed by atoms with van der Waals surface area (Å²) in [6.45, 7) is 6.53. The number of carbonyl (C=O) groups is 2. The van der Waals surface area contributed by atoms with Gasteiger partial charge in [0.25, 0.3) is 5.91 Å². The minimum atomic E-state index is -3.92. The van der Waals surface area contributed by atoms with Crippen LogP contribution in [0.4, 0.5) is 5.69 Å². The van der Waals surface area contributed by atoms with Gasteiger partial charge in [-0.25, -0.2) is 8.42 Å². The van der Waals surface area contributed by atoms with Crippen molar-refractivity contribution in [1.29, 1.82) is 5.26 Å². The lowest BCUT2D eigenvalue weighted by Gasteiger charge is -2.23. The Morgan fingerprint density at radius 1 is 1.06 bits per heavy atom. The van der Waals surface area contributed by atoms with Gasteiger partial charge in [0.15, 0.2) is 6.61 Å². The molecule has 9 heteroatoms. The van der Waals surface area contributed by atoms with Gasteiger partial charge in [-0.1, -0.05) is 23.8 Å². The number of ether oxygens (including phenoxy) is 1. The number of carbonyl (C=O) groups excluding carboxylic acids is 2. The van der Waals surface area contributed by atoms with E-state index in [-0.39, 0.29) is 17.9 Å². The van der Waals surface area contributed by atoms with E-state index in [4.69, 9.17) is 10.00 Å². The van der Waals surface area contributed by atoms with E-state index in [1.807, 2.05) is 45.0 Å². The number of sulfonamides is 1. The van der Waals surface area contributed by atoms with E-state index < -0.39 is 34.5 Å². The molecule has 0 aliphatic rings. The third-order valence-electron chi connectivity index (χ3n) is 4.62. The van der Waals surface area contributed by atoms with E-state index in [1.54, 1.807) is 12.1 Å². The Hall–Kier alpha value is -3.22. The first-order valence-corrected chi connectivity index (χ1v) is 11.5. The van der Waals surface area contributed by atoms with Crippen molar-refractivity contribution >= 4 is 27.6 Å². The van der Waals surface area contributed by atoms with Gasteiger partial charge in [0.05, 0.1) is 17.4 Å². The fourth-order valence-electron chi connectivity index (χ4n) is 3.07. The number of esters is 1. The average molecular weight is 458 g/mol. The maximum atomic E-state index is 12.7. The van der Waals surface area contributed by atoms with Gasteiger partial charge in [0.2, 0.25) is 10.0 Å². The molecule has 1 N–H and O–H groups in total. The van der Waals surface area contributed by atoms with Crippen LogP contribution in [0.5, 0.6) is 0 Å². The molecule has 0 aromatic heterocycles. The van der Waals surface area contributed by atoms with Crippen molar-refractivity contribution in [1.82, 2.24) is 4.72 Å². The normalized spacial score (nSPS) is 12.0. The Morgan fingerprint density at radius 3 is 2.22 bits per heavy atom. The number of nitrogens with one attached hydrogen (secondary N) is 1. The van der Waals surface area contributed by atoms with Crippen LogP contribution in [0.15, 0.2) is 47.4 Å². The first kappa shape index (κ1) is 25.0. The molecule has 0 heterocycles. The number of hydrogen-bond acceptors (Lipinski definition) is 6. The Kier molecular flexibility index (Phi) is 8.52. The number of nitrogens with zero attached hydrogens (tertiary/aromatic N) is 2. The minimum Gasteiger partial charge on any atom is -0.454 e. The second-order valence-corrected chi connectivity index (χ2v) is 9.28. The Morgan fingerprint density at radius 2 is 1.66 bits per heavy atom. The summed E-state index contributed by atoms with van der Waals surface area (Å²) in [5, 5.41) is 8.92. The molecule has 32 heavy (non-hydrogen) atoms. The third kappa shape index (κ3) is 6.90. The quantitative estimate of drug-likeness (QED) is 0.579. The van der Waals surface area contributed by atoms with Crippen LogP contribution >= 0.6 is 0 Å². The number of amides is 1. The van der Waals surface area contributed by atoms with Crippen molar-refractivity contribution < 1.29 is 22.7 Å². The van der Waals surface area contributed by atoms with Crippen LogP contribution in [0.25, 0.3) is 0 Å². The van der Waals surface area contributed by atoms with Crippen LogP contribution in [-0.2, 0) is 24.3 Å². The van der Waals surface area contributed by atoms with Gasteiger partial charge in [-0.15, -0.1) is 0 Å². The number of rotatable bonds is 9. The van der Waals surface area contributed by atoms with Crippen molar-refractivity contribution in [2.45, 2.75) is 45.1 Å². The summed E-state index contributed by atoms with van der Waals surface area (Å²) in [5.74, 6) is -1.39. The fourth-order valence-corrected chi connectivity index (χ4v) is 4.26. The molecule has 0 radical (unpaired) electrons. The molecule has 2 rings (SSSR count). The van der Waals surface area contributed by atoms with E-state index in [0.717, 1.165) is 16.7 Å². The Bertz CT molecular complexity index is 1100. The zero-order chi connectivity index (χ0) is 23.9. The third-order valence-corrected chi connectivity index (χ3v) is 6.18. The lowest BCUT2D eigenvalue weighted by Crippen LogP contribution is -2.41. The number of nitriles is 1. The smallest absolute Gasteiger partial charge is 0.324 e. The molecule has 2 aromatic carbocycles. The highest BCUT2D eigenvalue weighted by Gasteiger charge is 2.25. The fraction of sp³-hybridized carbons (Fsp3) is 0.348. The first-order chi connectivity index (χ1) is 15.0. The highest BCUT2D eigenvalue weighted by Crippen LogP contribution is 2.19. The molecule has 0 aliphatic heterocycles. The van der Waals surface area contributed by atoms with Crippen LogP contribution in [0.1, 0.15) is 30.0 Å². The van der Waals surface area contributed by atoms with Crippen LogP contribution in [0.2, 0.25) is 0 Å². The maximum absolute atomic E-state index is 12.7. The summed E-state index contributed by atoms with van der Waals surface area (Å²) in [5.41, 5.74) is 3.41. The average Bonchev–Trinajstić information content (AvgIpc) is 2.71. The Balaban J connectivity index is 2.04. The summed E-state index contributed by atoms with van der Waals surface area (Å²) in [6, 6.07) is 12.6. The first-order valence-electron chi connectivity index (χ1n) is 10.0. The van der Waals surface area contributed by atoms with E-state index >= 15 is 0 Å². The molecule has 0 spiro atoms. The second kappa shape index (κ2) is 10.9. The molecule has 0 aliphatic carbocycles. The van der Waals surface area contributed by atoms with Crippen molar-refractivity contribution in [3.63, 3.8) is 0 Å². The summed E-state index contributed by atoms with van der Waals surface area (Å²) in [4.78, 5) is 26.5. The predicted octanol–water partition coefficient (Wildman–Crippen LogP) is 2.77. The standard InChI is InChI=1S/C23H27N3O5S/c1-16-6-8-21(9-7-16)32(29,30)25-19(4)23(28)31-15-22(27)26(11-5-10-24)20-13-17(2)12-18(3)14-20/h6-9,12-14,19,25H,5,11,15H2,1-4H3/t19-/m0/s1. The molecular weight excluding hydrogens is 430 g/mol. The van der Waals surface area contributed by atoms with Crippen LogP contribution in [0, 0.1) is 32.1 Å². The topological polar surface area (TPSA) is 117 Å². The zero-order valence-electron chi connectivity index (χ0n) is 18.6. The molecule has 1 amide bonds. The Labute approximate surface area is 188 Å². The van der Waals surface area contributed by atoms with E-state index in [0.29, 0.717) is 5.69 Å². The summed E-state index contributed by atoms with van der Waals surface area (Å²) in [7, 11) is -3.92. The van der Waals surface area contributed by atoms with Crippen molar-refractivity contribution in [3.8, 4) is 6.07 Å². The largest absolute Gasteiger partial charge is 0.454 e. The molecule has 0 unspecified atom stereocenters. The van der Waals surface area contributed by atoms with Gasteiger partial charge in [-0.3, -0.25) is 9.59 Å². The van der Waals surface area contributed by atoms with Gasteiger partial charge in [0, 0.05) is 12.2 Å². The lowest BCUT2D eigenvalue weighted by molar-refractivity contribution is -0.149. The number of aryl methyl sites for hydroxylation is 3. The number of anilines is 1. The molecule has 0 saturated carbocycles. The highest BCUT2D eigenvalue weighted by atomic mass is 32.2. The molecule has 0 saturated heterocycles. The SMILES string of the molecule is Cc1ccc(S(=O)(=O)N[C@@H](C)C(=O)OCC(=O)N(CCC#N)c2cc(C)cc(C)c2)cc1. The van der Waals surface area contributed by atoms with Crippen molar-refractivity contribution in [3.05, 3.63) is 59.2 Å². The number of hydrogen-bond donors (Lipinski definition) is 1. The van der Waals surface area contributed by atoms with Gasteiger partial charge in [-0.2, -0.15) is 9.98 Å². The van der Waals surface area contributed by atoms with E-state index in [2.05, 4.69) is 4.72 Å².